The molecule has 1 amide bonds. The maximum absolute atomic E-state index is 13.5. The topological polar surface area (TPSA) is 49.9 Å². The van der Waals surface area contributed by atoms with Crippen LogP contribution in [-0.2, 0) is 9.53 Å². The predicted octanol–water partition coefficient (Wildman–Crippen LogP) is 2.68. The lowest BCUT2D eigenvalue weighted by Gasteiger charge is -2.41. The molecule has 0 spiro atoms. The molecule has 27 heavy (non-hydrogen) atoms. The second kappa shape index (κ2) is 8.52. The standard InChI is InChI=1S/C20H25ClN2O3S/c21-14-1-2-16-18(11-14)17(3-4-19(16)24)20(25)23-7-10-27-13-15(23)12-22-5-8-26-9-6-22/h1-2,11,15,17H,3-10,12-13H2. The van der Waals surface area contributed by atoms with Crippen LogP contribution in [-0.4, -0.2) is 78.4 Å². The van der Waals surface area contributed by atoms with Crippen LogP contribution in [0.15, 0.2) is 18.2 Å². The van der Waals surface area contributed by atoms with Gasteiger partial charge in [-0.05, 0) is 30.2 Å². The molecule has 0 N–H and O–H groups in total. The third-order valence-corrected chi connectivity index (χ3v) is 7.06. The first kappa shape index (κ1) is 19.2. The zero-order valence-corrected chi connectivity index (χ0v) is 16.9. The maximum Gasteiger partial charge on any atom is 0.230 e. The number of nitrogens with zero attached hydrogens (tertiary/aromatic N) is 2. The quantitative estimate of drug-likeness (QED) is 0.769. The fourth-order valence-corrected chi connectivity index (χ4v) is 5.51. The van der Waals surface area contributed by atoms with Crippen molar-refractivity contribution in [2.45, 2.75) is 24.8 Å². The van der Waals surface area contributed by atoms with Crippen molar-refractivity contribution in [3.63, 3.8) is 0 Å². The average molecular weight is 409 g/mol. The van der Waals surface area contributed by atoms with Crippen molar-refractivity contribution in [3.05, 3.63) is 34.3 Å². The summed E-state index contributed by atoms with van der Waals surface area (Å²) in [5.74, 6) is 1.96. The van der Waals surface area contributed by atoms with E-state index in [1.807, 2.05) is 17.8 Å². The number of morpholine rings is 1. The van der Waals surface area contributed by atoms with Gasteiger partial charge in [-0.25, -0.2) is 0 Å². The number of rotatable bonds is 3. The Morgan fingerprint density at radius 3 is 2.89 bits per heavy atom. The third-order valence-electron chi connectivity index (χ3n) is 5.73. The van der Waals surface area contributed by atoms with Crippen LogP contribution in [0.5, 0.6) is 0 Å². The number of thioether (sulfide) groups is 1. The van der Waals surface area contributed by atoms with E-state index in [1.165, 1.54) is 0 Å². The molecule has 1 aliphatic carbocycles. The van der Waals surface area contributed by atoms with Crippen molar-refractivity contribution < 1.29 is 14.3 Å². The molecule has 2 unspecified atom stereocenters. The van der Waals surface area contributed by atoms with Gasteiger partial charge in [-0.1, -0.05) is 11.6 Å². The molecule has 2 fully saturated rings. The lowest BCUT2D eigenvalue weighted by Crippen LogP contribution is -2.54. The Labute approximate surface area is 169 Å². The lowest BCUT2D eigenvalue weighted by atomic mass is 9.81. The molecule has 2 saturated heterocycles. The fourth-order valence-electron chi connectivity index (χ4n) is 4.28. The molecule has 5 nitrogen and oxygen atoms in total. The van der Waals surface area contributed by atoms with Crippen molar-refractivity contribution in [3.8, 4) is 0 Å². The molecular formula is C20H25ClN2O3S. The molecule has 146 valence electrons. The Balaban J connectivity index is 1.54. The number of carbonyl (C=O) groups is 2. The molecule has 3 aliphatic rings. The highest BCUT2D eigenvalue weighted by atomic mass is 35.5. The van der Waals surface area contributed by atoms with E-state index in [9.17, 15) is 9.59 Å². The van der Waals surface area contributed by atoms with Gasteiger partial charge in [0.25, 0.3) is 0 Å². The molecular weight excluding hydrogens is 384 g/mol. The van der Waals surface area contributed by atoms with Crippen LogP contribution in [0.2, 0.25) is 5.02 Å². The SMILES string of the molecule is O=C1CCC(C(=O)N2CCSCC2CN2CCOCC2)c2cc(Cl)ccc21. The lowest BCUT2D eigenvalue weighted by molar-refractivity contribution is -0.135. The van der Waals surface area contributed by atoms with Crippen molar-refractivity contribution in [2.75, 3.05) is 50.9 Å². The van der Waals surface area contributed by atoms with Gasteiger partial charge in [0.15, 0.2) is 5.78 Å². The van der Waals surface area contributed by atoms with Crippen molar-refractivity contribution in [1.82, 2.24) is 9.80 Å². The molecule has 2 atom stereocenters. The third kappa shape index (κ3) is 4.19. The Morgan fingerprint density at radius 1 is 1.26 bits per heavy atom. The first-order valence-corrected chi connectivity index (χ1v) is 11.2. The number of amides is 1. The highest BCUT2D eigenvalue weighted by molar-refractivity contribution is 7.99. The second-order valence-corrected chi connectivity index (χ2v) is 9.01. The zero-order valence-electron chi connectivity index (χ0n) is 15.4. The minimum Gasteiger partial charge on any atom is -0.379 e. The van der Waals surface area contributed by atoms with Crippen molar-refractivity contribution in [2.24, 2.45) is 0 Å². The highest BCUT2D eigenvalue weighted by Gasteiger charge is 2.37. The zero-order chi connectivity index (χ0) is 18.8. The minimum atomic E-state index is -0.258. The van der Waals surface area contributed by atoms with Gasteiger partial charge in [0.05, 0.1) is 25.2 Å². The number of benzene rings is 1. The molecule has 0 bridgehead atoms. The first-order valence-electron chi connectivity index (χ1n) is 9.64. The van der Waals surface area contributed by atoms with E-state index in [0.717, 1.165) is 56.5 Å². The van der Waals surface area contributed by atoms with Crippen molar-refractivity contribution >= 4 is 35.1 Å². The second-order valence-electron chi connectivity index (χ2n) is 7.42. The van der Waals surface area contributed by atoms with Crippen LogP contribution in [0.4, 0.5) is 0 Å². The van der Waals surface area contributed by atoms with Gasteiger partial charge < -0.3 is 9.64 Å². The summed E-state index contributed by atoms with van der Waals surface area (Å²) in [5.41, 5.74) is 1.48. The number of hydrogen-bond donors (Lipinski definition) is 0. The smallest absolute Gasteiger partial charge is 0.230 e. The van der Waals surface area contributed by atoms with E-state index in [-0.39, 0.29) is 23.7 Å². The van der Waals surface area contributed by atoms with E-state index in [1.54, 1.807) is 12.1 Å². The number of ether oxygens (including phenoxy) is 1. The molecule has 2 aliphatic heterocycles. The number of Topliss-reactive ketones (excluding diaryl/α,β-unsaturated/α-hetero) is 1. The predicted molar refractivity (Wildman–Crippen MR) is 108 cm³/mol. The van der Waals surface area contributed by atoms with Gasteiger partial charge in [-0.3, -0.25) is 14.5 Å². The molecule has 4 rings (SSSR count). The summed E-state index contributed by atoms with van der Waals surface area (Å²) in [7, 11) is 0. The highest BCUT2D eigenvalue weighted by Crippen LogP contribution is 2.36. The molecule has 0 aromatic heterocycles. The number of carbonyl (C=O) groups excluding carboxylic acids is 2. The summed E-state index contributed by atoms with van der Waals surface area (Å²) >= 11 is 8.10. The van der Waals surface area contributed by atoms with Crippen LogP contribution in [0.25, 0.3) is 0 Å². The van der Waals surface area contributed by atoms with Crippen LogP contribution < -0.4 is 0 Å². The summed E-state index contributed by atoms with van der Waals surface area (Å²) in [6, 6.07) is 5.54. The maximum atomic E-state index is 13.5. The van der Waals surface area contributed by atoms with Crippen LogP contribution in [0, 0.1) is 0 Å². The Kier molecular flexibility index (Phi) is 6.07. The average Bonchev–Trinajstić information content (AvgIpc) is 2.69. The van der Waals surface area contributed by atoms with E-state index in [0.29, 0.717) is 23.4 Å². The van der Waals surface area contributed by atoms with E-state index < -0.39 is 0 Å². The summed E-state index contributed by atoms with van der Waals surface area (Å²) in [5, 5.41) is 0.584. The molecule has 2 heterocycles. The van der Waals surface area contributed by atoms with Gasteiger partial charge in [0.1, 0.15) is 0 Å². The van der Waals surface area contributed by atoms with Crippen LogP contribution in [0.3, 0.4) is 0 Å². The molecule has 1 aromatic rings. The van der Waals surface area contributed by atoms with Gasteiger partial charge in [0.2, 0.25) is 5.91 Å². The van der Waals surface area contributed by atoms with Crippen molar-refractivity contribution in [1.29, 1.82) is 0 Å². The largest absolute Gasteiger partial charge is 0.379 e. The van der Waals surface area contributed by atoms with Gasteiger partial charge in [0, 0.05) is 54.7 Å². The van der Waals surface area contributed by atoms with E-state index in [4.69, 9.17) is 16.3 Å². The number of halogens is 1. The summed E-state index contributed by atoms with van der Waals surface area (Å²) < 4.78 is 5.45. The summed E-state index contributed by atoms with van der Waals surface area (Å²) in [4.78, 5) is 30.2. The Hall–Kier alpha value is -1.08. The van der Waals surface area contributed by atoms with E-state index in [2.05, 4.69) is 9.80 Å². The van der Waals surface area contributed by atoms with Crippen LogP contribution in [0.1, 0.15) is 34.7 Å². The molecule has 0 radical (unpaired) electrons. The summed E-state index contributed by atoms with van der Waals surface area (Å²) in [6.45, 7) is 5.07. The van der Waals surface area contributed by atoms with Gasteiger partial charge in [-0.2, -0.15) is 11.8 Å². The summed E-state index contributed by atoms with van der Waals surface area (Å²) in [6.07, 6.45) is 1.01. The normalized spacial score (nSPS) is 26.7. The fraction of sp³-hybridized carbons (Fsp3) is 0.600. The Bertz CT molecular complexity index is 723. The monoisotopic (exact) mass is 408 g/mol. The van der Waals surface area contributed by atoms with E-state index >= 15 is 0 Å². The Morgan fingerprint density at radius 2 is 2.07 bits per heavy atom. The number of fused-ring (bicyclic) bond motifs is 1. The van der Waals surface area contributed by atoms with Gasteiger partial charge in [-0.15, -0.1) is 0 Å². The number of hydrogen-bond acceptors (Lipinski definition) is 5. The molecule has 7 heteroatoms. The molecule has 1 aromatic carbocycles. The molecule has 0 saturated carbocycles. The van der Waals surface area contributed by atoms with Crippen LogP contribution >= 0.6 is 23.4 Å². The number of ketones is 1. The first-order chi connectivity index (χ1) is 13.1. The van der Waals surface area contributed by atoms with Gasteiger partial charge >= 0.3 is 0 Å². The minimum absolute atomic E-state index is 0.116.